The molecule has 27 heavy (non-hydrogen) atoms. The Kier molecular flexibility index (Phi) is 8.15. The van der Waals surface area contributed by atoms with Gasteiger partial charge in [-0.3, -0.25) is 4.79 Å². The first kappa shape index (κ1) is 22.3. The molecule has 0 bridgehead atoms. The third-order valence-corrected chi connectivity index (χ3v) is 3.52. The van der Waals surface area contributed by atoms with E-state index in [0.29, 0.717) is 5.56 Å². The molecule has 1 atom stereocenters. The maximum Gasteiger partial charge on any atom is 0.356 e. The number of ketones is 1. The normalized spacial score (nSPS) is 12.9. The molecule has 7 nitrogen and oxygen atoms in total. The van der Waals surface area contributed by atoms with Crippen molar-refractivity contribution in [2.75, 3.05) is 13.7 Å². The van der Waals surface area contributed by atoms with Crippen LogP contribution in [0.25, 0.3) is 0 Å². The standard InChI is InChI=1S/C20H27NO6/c1-7-26-19(24)17(21-25-6)16(13(2)22)12-14-8-10-15(11-9-14)18(23)27-20(3,4)5/h8-11,16H,7,12H2,1-6H3/b21-17-. The van der Waals surface area contributed by atoms with Crippen LogP contribution in [0.15, 0.2) is 29.4 Å². The number of rotatable bonds is 8. The van der Waals surface area contributed by atoms with E-state index in [0.717, 1.165) is 5.56 Å². The van der Waals surface area contributed by atoms with E-state index in [4.69, 9.17) is 14.3 Å². The van der Waals surface area contributed by atoms with Gasteiger partial charge in [-0.2, -0.15) is 0 Å². The van der Waals surface area contributed by atoms with Gasteiger partial charge in [0.25, 0.3) is 0 Å². The molecule has 0 amide bonds. The SMILES string of the molecule is CCOC(=O)/C(=N\OC)C(Cc1ccc(C(=O)OC(C)(C)C)cc1)C(C)=O. The van der Waals surface area contributed by atoms with Gasteiger partial charge in [-0.15, -0.1) is 0 Å². The van der Waals surface area contributed by atoms with Gasteiger partial charge < -0.3 is 14.3 Å². The summed E-state index contributed by atoms with van der Waals surface area (Å²) in [6, 6.07) is 6.67. The van der Waals surface area contributed by atoms with Crippen LogP contribution in [0.4, 0.5) is 0 Å². The molecule has 0 fully saturated rings. The molecule has 148 valence electrons. The fraction of sp³-hybridized carbons (Fsp3) is 0.500. The first-order valence-corrected chi connectivity index (χ1v) is 8.70. The summed E-state index contributed by atoms with van der Waals surface area (Å²) >= 11 is 0. The second-order valence-corrected chi connectivity index (χ2v) is 6.95. The third kappa shape index (κ3) is 7.21. The van der Waals surface area contributed by atoms with Gasteiger partial charge in [0.15, 0.2) is 5.71 Å². The zero-order chi connectivity index (χ0) is 20.6. The lowest BCUT2D eigenvalue weighted by Gasteiger charge is -2.19. The lowest BCUT2D eigenvalue weighted by atomic mass is 9.91. The van der Waals surface area contributed by atoms with Gasteiger partial charge in [-0.1, -0.05) is 17.3 Å². The number of carbonyl (C=O) groups excluding carboxylic acids is 3. The molecule has 0 aromatic heterocycles. The maximum atomic E-state index is 12.1. The average Bonchev–Trinajstić information content (AvgIpc) is 2.57. The van der Waals surface area contributed by atoms with E-state index in [1.54, 1.807) is 52.0 Å². The molecule has 0 aliphatic carbocycles. The molecule has 7 heteroatoms. The van der Waals surface area contributed by atoms with Gasteiger partial charge >= 0.3 is 11.9 Å². The highest BCUT2D eigenvalue weighted by atomic mass is 16.6. The van der Waals surface area contributed by atoms with Crippen LogP contribution < -0.4 is 0 Å². The second kappa shape index (κ2) is 9.85. The van der Waals surface area contributed by atoms with Crippen molar-refractivity contribution < 1.29 is 28.7 Å². The largest absolute Gasteiger partial charge is 0.461 e. The third-order valence-electron chi connectivity index (χ3n) is 3.52. The van der Waals surface area contributed by atoms with Crippen LogP contribution in [-0.2, 0) is 30.3 Å². The summed E-state index contributed by atoms with van der Waals surface area (Å²) < 4.78 is 10.3. The first-order chi connectivity index (χ1) is 12.6. The van der Waals surface area contributed by atoms with E-state index in [-0.39, 0.29) is 24.5 Å². The van der Waals surface area contributed by atoms with Crippen molar-refractivity contribution >= 4 is 23.4 Å². The van der Waals surface area contributed by atoms with Crippen LogP contribution in [0.1, 0.15) is 50.5 Å². The first-order valence-electron chi connectivity index (χ1n) is 8.70. The average molecular weight is 377 g/mol. The van der Waals surface area contributed by atoms with Gasteiger partial charge in [0.05, 0.1) is 18.1 Å². The number of nitrogens with zero attached hydrogens (tertiary/aromatic N) is 1. The summed E-state index contributed by atoms with van der Waals surface area (Å²) in [4.78, 5) is 41.0. The molecule has 0 radical (unpaired) electrons. The van der Waals surface area contributed by atoms with Gasteiger partial charge in [0.1, 0.15) is 18.5 Å². The van der Waals surface area contributed by atoms with Gasteiger partial charge in [0, 0.05) is 0 Å². The zero-order valence-electron chi connectivity index (χ0n) is 16.7. The van der Waals surface area contributed by atoms with Crippen LogP contribution in [0, 0.1) is 5.92 Å². The minimum atomic E-state index is -0.809. The summed E-state index contributed by atoms with van der Waals surface area (Å²) in [6.07, 6.45) is 0.227. The van der Waals surface area contributed by atoms with Crippen molar-refractivity contribution in [3.05, 3.63) is 35.4 Å². The van der Waals surface area contributed by atoms with E-state index in [9.17, 15) is 14.4 Å². The Labute approximate surface area is 159 Å². The molecule has 0 spiro atoms. The number of ether oxygens (including phenoxy) is 2. The summed E-state index contributed by atoms with van der Waals surface area (Å²) in [5.41, 5.74) is 0.503. The van der Waals surface area contributed by atoms with Gasteiger partial charge in [-0.25, -0.2) is 9.59 Å². The molecular formula is C20H27NO6. The number of esters is 2. The zero-order valence-corrected chi connectivity index (χ0v) is 16.7. The van der Waals surface area contributed by atoms with Crippen molar-refractivity contribution in [1.29, 1.82) is 0 Å². The van der Waals surface area contributed by atoms with Gasteiger partial charge in [0.2, 0.25) is 0 Å². The van der Waals surface area contributed by atoms with Crippen LogP contribution in [-0.4, -0.2) is 42.8 Å². The second-order valence-electron chi connectivity index (χ2n) is 6.95. The Balaban J connectivity index is 3.01. The van der Waals surface area contributed by atoms with Crippen LogP contribution in [0.3, 0.4) is 0 Å². The molecule has 1 aromatic rings. The minimum absolute atomic E-state index is 0.0805. The van der Waals surface area contributed by atoms with Crippen molar-refractivity contribution in [3.63, 3.8) is 0 Å². The molecule has 1 unspecified atom stereocenters. The number of hydrogen-bond acceptors (Lipinski definition) is 7. The molecular weight excluding hydrogens is 350 g/mol. The van der Waals surface area contributed by atoms with E-state index >= 15 is 0 Å². The number of carbonyl (C=O) groups is 3. The number of hydrogen-bond donors (Lipinski definition) is 0. The highest BCUT2D eigenvalue weighted by Crippen LogP contribution is 2.17. The molecule has 1 rings (SSSR count). The lowest BCUT2D eigenvalue weighted by Crippen LogP contribution is -2.32. The van der Waals surface area contributed by atoms with Crippen LogP contribution >= 0.6 is 0 Å². The monoisotopic (exact) mass is 377 g/mol. The number of oxime groups is 1. The number of Topliss-reactive ketones (excluding diaryl/α,β-unsaturated/α-hetero) is 1. The summed E-state index contributed by atoms with van der Waals surface area (Å²) in [6.45, 7) is 8.59. The van der Waals surface area contributed by atoms with E-state index in [1.165, 1.54) is 14.0 Å². The fourth-order valence-electron chi connectivity index (χ4n) is 2.33. The molecule has 0 aliphatic rings. The topological polar surface area (TPSA) is 91.3 Å². The Hall–Kier alpha value is -2.70. The quantitative estimate of drug-likeness (QED) is 0.393. The highest BCUT2D eigenvalue weighted by Gasteiger charge is 2.29. The summed E-state index contributed by atoms with van der Waals surface area (Å²) in [5, 5.41) is 3.69. The molecule has 0 saturated heterocycles. The maximum absolute atomic E-state index is 12.1. The minimum Gasteiger partial charge on any atom is -0.461 e. The smallest absolute Gasteiger partial charge is 0.356 e. The van der Waals surface area contributed by atoms with Gasteiger partial charge in [-0.05, 0) is 58.7 Å². The lowest BCUT2D eigenvalue weighted by molar-refractivity contribution is -0.136. The van der Waals surface area contributed by atoms with Crippen molar-refractivity contribution in [1.82, 2.24) is 0 Å². The molecule has 0 aliphatic heterocycles. The Morgan fingerprint density at radius 2 is 1.70 bits per heavy atom. The van der Waals surface area contributed by atoms with E-state index < -0.39 is 23.5 Å². The van der Waals surface area contributed by atoms with Crippen molar-refractivity contribution in [2.45, 2.75) is 46.6 Å². The van der Waals surface area contributed by atoms with Crippen molar-refractivity contribution in [3.8, 4) is 0 Å². The van der Waals surface area contributed by atoms with E-state index in [2.05, 4.69) is 5.16 Å². The fourth-order valence-corrected chi connectivity index (χ4v) is 2.33. The molecule has 0 heterocycles. The Morgan fingerprint density at radius 1 is 1.11 bits per heavy atom. The molecule has 0 saturated carbocycles. The highest BCUT2D eigenvalue weighted by molar-refractivity contribution is 6.40. The predicted octanol–water partition coefficient (Wildman–Crippen LogP) is 2.96. The molecule has 1 aromatic carbocycles. The Bertz CT molecular complexity index is 700. The Morgan fingerprint density at radius 3 is 2.15 bits per heavy atom. The predicted molar refractivity (Wildman–Crippen MR) is 101 cm³/mol. The van der Waals surface area contributed by atoms with Crippen molar-refractivity contribution in [2.24, 2.45) is 11.1 Å². The summed E-state index contributed by atoms with van der Waals surface area (Å²) in [7, 11) is 1.30. The van der Waals surface area contributed by atoms with Crippen LogP contribution in [0.2, 0.25) is 0 Å². The van der Waals surface area contributed by atoms with Crippen LogP contribution in [0.5, 0.6) is 0 Å². The molecule has 0 N–H and O–H groups in total. The summed E-state index contributed by atoms with van der Waals surface area (Å²) in [5.74, 6) is -2.17. The van der Waals surface area contributed by atoms with E-state index in [1.807, 2.05) is 0 Å². The number of benzene rings is 1.